The van der Waals surface area contributed by atoms with E-state index in [1.165, 1.54) is 30.3 Å². The van der Waals surface area contributed by atoms with Crippen LogP contribution >= 0.6 is 0 Å². The van der Waals surface area contributed by atoms with Gasteiger partial charge in [0, 0.05) is 18.2 Å². The fourth-order valence-corrected chi connectivity index (χ4v) is 1.52. The first-order chi connectivity index (χ1) is 9.06. The van der Waals surface area contributed by atoms with Gasteiger partial charge in [0.15, 0.2) is 11.5 Å². The zero-order valence-electron chi connectivity index (χ0n) is 9.81. The molecule has 2 aromatic carbocycles. The van der Waals surface area contributed by atoms with Gasteiger partial charge in [-0.2, -0.15) is 0 Å². The predicted octanol–water partition coefficient (Wildman–Crippen LogP) is 2.59. The molecule has 0 fully saturated rings. The molecule has 0 heterocycles. The molecule has 0 aromatic heterocycles. The van der Waals surface area contributed by atoms with Gasteiger partial charge < -0.3 is 14.9 Å². The molecular formula is C13H11NO5. The Labute approximate surface area is 108 Å². The number of nitro groups is 1. The van der Waals surface area contributed by atoms with E-state index in [-0.39, 0.29) is 23.8 Å². The molecule has 0 radical (unpaired) electrons. The first-order valence-corrected chi connectivity index (χ1v) is 5.44. The van der Waals surface area contributed by atoms with E-state index in [9.17, 15) is 15.2 Å². The van der Waals surface area contributed by atoms with Crippen LogP contribution < -0.4 is 4.74 Å². The minimum atomic E-state index is -0.476. The lowest BCUT2D eigenvalue weighted by molar-refractivity contribution is -0.384. The highest BCUT2D eigenvalue weighted by Crippen LogP contribution is 2.29. The number of rotatable bonds is 4. The van der Waals surface area contributed by atoms with Crippen LogP contribution in [-0.4, -0.2) is 15.1 Å². The maximum Gasteiger partial charge on any atom is 0.269 e. The summed E-state index contributed by atoms with van der Waals surface area (Å²) in [5.41, 5.74) is 0.636. The summed E-state index contributed by atoms with van der Waals surface area (Å²) in [6.45, 7) is 0.131. The van der Waals surface area contributed by atoms with Gasteiger partial charge in [-0.05, 0) is 17.7 Å². The van der Waals surface area contributed by atoms with Gasteiger partial charge in [0.05, 0.1) is 4.92 Å². The molecule has 0 unspecified atom stereocenters. The van der Waals surface area contributed by atoms with Crippen molar-refractivity contribution in [3.8, 4) is 17.2 Å². The minimum absolute atomic E-state index is 0.00495. The highest BCUT2D eigenvalue weighted by atomic mass is 16.6. The van der Waals surface area contributed by atoms with Gasteiger partial charge in [-0.15, -0.1) is 0 Å². The Morgan fingerprint density at radius 1 is 1.11 bits per heavy atom. The van der Waals surface area contributed by atoms with E-state index in [1.54, 1.807) is 12.1 Å². The maximum absolute atomic E-state index is 10.6. The number of phenols is 2. The van der Waals surface area contributed by atoms with Crippen molar-refractivity contribution in [1.29, 1.82) is 0 Å². The van der Waals surface area contributed by atoms with Crippen LogP contribution in [0.2, 0.25) is 0 Å². The van der Waals surface area contributed by atoms with E-state index in [0.29, 0.717) is 11.3 Å². The summed E-state index contributed by atoms with van der Waals surface area (Å²) < 4.78 is 5.37. The summed E-state index contributed by atoms with van der Waals surface area (Å²) in [4.78, 5) is 10.1. The van der Waals surface area contributed by atoms with E-state index in [2.05, 4.69) is 0 Å². The second kappa shape index (κ2) is 5.26. The second-order valence-corrected chi connectivity index (χ2v) is 3.87. The molecule has 0 saturated carbocycles. The third kappa shape index (κ3) is 3.12. The molecule has 6 nitrogen and oxygen atoms in total. The average molecular weight is 261 g/mol. The van der Waals surface area contributed by atoms with Crippen LogP contribution in [-0.2, 0) is 6.61 Å². The fourth-order valence-electron chi connectivity index (χ4n) is 1.52. The number of hydrogen-bond acceptors (Lipinski definition) is 5. The van der Waals surface area contributed by atoms with Crippen LogP contribution in [0.15, 0.2) is 42.5 Å². The van der Waals surface area contributed by atoms with Crippen molar-refractivity contribution in [2.75, 3.05) is 0 Å². The predicted molar refractivity (Wildman–Crippen MR) is 67.2 cm³/mol. The number of ether oxygens (including phenoxy) is 1. The third-order valence-corrected chi connectivity index (χ3v) is 2.47. The number of aromatic hydroxyl groups is 2. The number of nitrogens with zero attached hydrogens (tertiary/aromatic N) is 1. The van der Waals surface area contributed by atoms with Gasteiger partial charge in [0.2, 0.25) is 0 Å². The SMILES string of the molecule is O=[N+]([O-])c1cccc(COc2ccc(O)c(O)c2)c1. The normalized spacial score (nSPS) is 10.1. The maximum atomic E-state index is 10.6. The number of non-ortho nitro benzene ring substituents is 1. The van der Waals surface area contributed by atoms with E-state index < -0.39 is 4.92 Å². The summed E-state index contributed by atoms with van der Waals surface area (Å²) >= 11 is 0. The molecule has 98 valence electrons. The van der Waals surface area contributed by atoms with Crippen molar-refractivity contribution >= 4 is 5.69 Å². The second-order valence-electron chi connectivity index (χ2n) is 3.87. The quantitative estimate of drug-likeness (QED) is 0.501. The molecule has 0 bridgehead atoms. The summed E-state index contributed by atoms with van der Waals surface area (Å²) in [5.74, 6) is -0.152. The van der Waals surface area contributed by atoms with Crippen molar-refractivity contribution in [2.24, 2.45) is 0 Å². The van der Waals surface area contributed by atoms with Gasteiger partial charge >= 0.3 is 0 Å². The van der Waals surface area contributed by atoms with Crippen LogP contribution in [0.1, 0.15) is 5.56 Å². The molecule has 0 atom stereocenters. The van der Waals surface area contributed by atoms with Crippen LogP contribution in [0.5, 0.6) is 17.2 Å². The van der Waals surface area contributed by atoms with Crippen LogP contribution in [0.3, 0.4) is 0 Å². The molecular weight excluding hydrogens is 250 g/mol. The molecule has 0 amide bonds. The molecule has 0 aliphatic heterocycles. The van der Waals surface area contributed by atoms with Crippen molar-refractivity contribution in [3.63, 3.8) is 0 Å². The Bertz CT molecular complexity index is 612. The summed E-state index contributed by atoms with van der Waals surface area (Å²) in [6, 6.07) is 10.2. The zero-order chi connectivity index (χ0) is 13.8. The Morgan fingerprint density at radius 3 is 2.58 bits per heavy atom. The number of phenolic OH excluding ortho intramolecular Hbond substituents is 2. The Balaban J connectivity index is 2.07. The Kier molecular flexibility index (Phi) is 3.51. The van der Waals surface area contributed by atoms with Gasteiger partial charge in [-0.3, -0.25) is 10.1 Å². The molecule has 0 spiro atoms. The Hall–Kier alpha value is -2.76. The monoisotopic (exact) mass is 261 g/mol. The van der Waals surface area contributed by atoms with E-state index in [1.807, 2.05) is 0 Å². The number of hydrogen-bond donors (Lipinski definition) is 2. The molecule has 19 heavy (non-hydrogen) atoms. The van der Waals surface area contributed by atoms with Gasteiger partial charge in [-0.25, -0.2) is 0 Å². The molecule has 2 N–H and O–H groups in total. The molecule has 0 aliphatic carbocycles. The number of benzene rings is 2. The lowest BCUT2D eigenvalue weighted by Crippen LogP contribution is -1.96. The van der Waals surface area contributed by atoms with Crippen LogP contribution in [0.4, 0.5) is 5.69 Å². The van der Waals surface area contributed by atoms with E-state index in [0.717, 1.165) is 0 Å². The molecule has 0 saturated heterocycles. The minimum Gasteiger partial charge on any atom is -0.504 e. The zero-order valence-corrected chi connectivity index (χ0v) is 9.81. The van der Waals surface area contributed by atoms with Gasteiger partial charge in [0.25, 0.3) is 5.69 Å². The fraction of sp³-hybridized carbons (Fsp3) is 0.0769. The van der Waals surface area contributed by atoms with Crippen molar-refractivity contribution in [3.05, 3.63) is 58.1 Å². The molecule has 6 heteroatoms. The average Bonchev–Trinajstić information content (AvgIpc) is 2.40. The first kappa shape index (κ1) is 12.7. The Morgan fingerprint density at radius 2 is 1.89 bits per heavy atom. The lowest BCUT2D eigenvalue weighted by Gasteiger charge is -2.07. The standard InChI is InChI=1S/C13H11NO5/c15-12-5-4-11(7-13(12)16)19-8-9-2-1-3-10(6-9)14(17)18/h1-7,15-16H,8H2. The van der Waals surface area contributed by atoms with Crippen LogP contribution in [0.25, 0.3) is 0 Å². The summed E-state index contributed by atoms with van der Waals surface area (Å²) in [5, 5.41) is 29.1. The molecule has 2 aromatic rings. The lowest BCUT2D eigenvalue weighted by atomic mass is 10.2. The molecule has 2 rings (SSSR count). The van der Waals surface area contributed by atoms with Crippen LogP contribution in [0, 0.1) is 10.1 Å². The first-order valence-electron chi connectivity index (χ1n) is 5.44. The highest BCUT2D eigenvalue weighted by molar-refractivity contribution is 5.43. The van der Waals surface area contributed by atoms with Gasteiger partial charge in [-0.1, -0.05) is 12.1 Å². The topological polar surface area (TPSA) is 92.8 Å². The van der Waals surface area contributed by atoms with E-state index in [4.69, 9.17) is 9.84 Å². The van der Waals surface area contributed by atoms with Crippen molar-refractivity contribution in [2.45, 2.75) is 6.61 Å². The highest BCUT2D eigenvalue weighted by Gasteiger charge is 2.06. The molecule has 0 aliphatic rings. The largest absolute Gasteiger partial charge is 0.504 e. The third-order valence-electron chi connectivity index (χ3n) is 2.47. The smallest absolute Gasteiger partial charge is 0.269 e. The number of nitro benzene ring substituents is 1. The summed E-state index contributed by atoms with van der Waals surface area (Å²) in [6.07, 6.45) is 0. The van der Waals surface area contributed by atoms with E-state index >= 15 is 0 Å². The van der Waals surface area contributed by atoms with Crippen molar-refractivity contribution < 1.29 is 19.9 Å². The van der Waals surface area contributed by atoms with Gasteiger partial charge in [0.1, 0.15) is 12.4 Å². The summed E-state index contributed by atoms with van der Waals surface area (Å²) in [7, 11) is 0. The van der Waals surface area contributed by atoms with Crippen molar-refractivity contribution in [1.82, 2.24) is 0 Å².